The van der Waals surface area contributed by atoms with Crippen molar-refractivity contribution in [2.75, 3.05) is 6.54 Å². The maximum atomic E-state index is 4.50. The van der Waals surface area contributed by atoms with Gasteiger partial charge < -0.3 is 5.43 Å². The van der Waals surface area contributed by atoms with Crippen LogP contribution in [0.5, 0.6) is 0 Å². The van der Waals surface area contributed by atoms with Crippen molar-refractivity contribution in [1.29, 1.82) is 0 Å². The quantitative estimate of drug-likeness (QED) is 0.425. The Morgan fingerprint density at radius 1 is 0.559 bits per heavy atom. The minimum atomic E-state index is 0.896. The van der Waals surface area contributed by atoms with Gasteiger partial charge in [0.1, 0.15) is 0 Å². The van der Waals surface area contributed by atoms with Gasteiger partial charge in [0.25, 0.3) is 0 Å². The molecule has 0 saturated heterocycles. The van der Waals surface area contributed by atoms with Gasteiger partial charge in [0.15, 0.2) is 0 Å². The SMILES string of the molecule is C1=Cc2ccccc2C(c2ccccc2)=NN1.c1ccc(C2=NNCCc3ccccc32)cc1. The lowest BCUT2D eigenvalue weighted by atomic mass is 9.96. The lowest BCUT2D eigenvalue weighted by molar-refractivity contribution is 0.741. The van der Waals surface area contributed by atoms with E-state index in [4.69, 9.17) is 0 Å². The van der Waals surface area contributed by atoms with Crippen molar-refractivity contribution in [3.8, 4) is 0 Å². The van der Waals surface area contributed by atoms with E-state index < -0.39 is 0 Å². The second kappa shape index (κ2) is 10.5. The predicted molar refractivity (Wildman–Crippen MR) is 141 cm³/mol. The van der Waals surface area contributed by atoms with E-state index in [1.165, 1.54) is 16.7 Å². The highest BCUT2D eigenvalue weighted by Crippen LogP contribution is 2.19. The molecule has 0 radical (unpaired) electrons. The molecule has 0 bridgehead atoms. The standard InChI is InChI=1S/C15H14N2.C15H12N2/c2*1-2-7-13(8-3-1)15-14-9-5-4-6-12(14)10-11-16-17-15/h1-9,16H,10-11H2;1-11,16H. The van der Waals surface area contributed by atoms with E-state index in [0.717, 1.165) is 41.1 Å². The number of rotatable bonds is 2. The molecular formula is C30H26N4. The van der Waals surface area contributed by atoms with Crippen LogP contribution in [-0.4, -0.2) is 18.0 Å². The fraction of sp³-hybridized carbons (Fsp3) is 0.0667. The summed E-state index contributed by atoms with van der Waals surface area (Å²) < 4.78 is 0. The summed E-state index contributed by atoms with van der Waals surface area (Å²) in [5, 5.41) is 8.92. The van der Waals surface area contributed by atoms with Crippen molar-refractivity contribution in [2.45, 2.75) is 6.42 Å². The van der Waals surface area contributed by atoms with Gasteiger partial charge >= 0.3 is 0 Å². The van der Waals surface area contributed by atoms with Crippen LogP contribution in [0.2, 0.25) is 0 Å². The molecule has 34 heavy (non-hydrogen) atoms. The summed E-state index contributed by atoms with van der Waals surface area (Å²) in [5.74, 6) is 0. The van der Waals surface area contributed by atoms with Crippen molar-refractivity contribution in [3.63, 3.8) is 0 Å². The van der Waals surface area contributed by atoms with Crippen LogP contribution in [0.4, 0.5) is 0 Å². The van der Waals surface area contributed by atoms with Gasteiger partial charge in [0, 0.05) is 35.0 Å². The van der Waals surface area contributed by atoms with E-state index in [1.54, 1.807) is 0 Å². The van der Waals surface area contributed by atoms with Crippen molar-refractivity contribution in [1.82, 2.24) is 10.9 Å². The summed E-state index contributed by atoms with van der Waals surface area (Å²) in [6.45, 7) is 0.896. The molecule has 0 aromatic heterocycles. The van der Waals surface area contributed by atoms with Crippen LogP contribution >= 0.6 is 0 Å². The van der Waals surface area contributed by atoms with E-state index in [0.29, 0.717) is 0 Å². The summed E-state index contributed by atoms with van der Waals surface area (Å²) in [6, 6.07) is 37.3. The summed E-state index contributed by atoms with van der Waals surface area (Å²) in [6.07, 6.45) is 4.92. The number of fused-ring (bicyclic) bond motifs is 2. The van der Waals surface area contributed by atoms with Crippen LogP contribution in [0, 0.1) is 0 Å². The molecule has 0 atom stereocenters. The molecule has 2 N–H and O–H groups in total. The molecule has 0 unspecified atom stereocenters. The molecule has 0 fully saturated rings. The first-order chi connectivity index (χ1) is 16.9. The molecule has 2 heterocycles. The third-order valence-electron chi connectivity index (χ3n) is 5.79. The number of nitrogens with one attached hydrogen (secondary N) is 2. The van der Waals surface area contributed by atoms with E-state index in [-0.39, 0.29) is 0 Å². The Kier molecular flexibility index (Phi) is 6.58. The monoisotopic (exact) mass is 442 g/mol. The average Bonchev–Trinajstić information content (AvgIpc) is 3.27. The minimum Gasteiger partial charge on any atom is -0.309 e. The normalized spacial score (nSPS) is 13.8. The molecule has 0 amide bonds. The molecule has 0 saturated carbocycles. The Labute approximate surface area is 200 Å². The second-order valence-corrected chi connectivity index (χ2v) is 8.02. The van der Waals surface area contributed by atoms with Gasteiger partial charge in [-0.05, 0) is 23.6 Å². The maximum Gasteiger partial charge on any atom is 0.0983 e. The number of nitrogens with zero attached hydrogens (tertiary/aromatic N) is 2. The van der Waals surface area contributed by atoms with Crippen molar-refractivity contribution < 1.29 is 0 Å². The molecule has 6 rings (SSSR count). The predicted octanol–water partition coefficient (Wildman–Crippen LogP) is 5.60. The van der Waals surface area contributed by atoms with Crippen LogP contribution in [0.25, 0.3) is 6.08 Å². The van der Waals surface area contributed by atoms with E-state index in [1.807, 2.05) is 60.8 Å². The molecule has 166 valence electrons. The third kappa shape index (κ3) is 4.81. The Morgan fingerprint density at radius 3 is 1.88 bits per heavy atom. The number of hydrogen-bond donors (Lipinski definition) is 2. The Hall–Kier alpha value is -4.44. The van der Waals surface area contributed by atoms with Gasteiger partial charge in [0.05, 0.1) is 11.4 Å². The lowest BCUT2D eigenvalue weighted by Gasteiger charge is -2.08. The fourth-order valence-electron chi connectivity index (χ4n) is 4.13. The van der Waals surface area contributed by atoms with Gasteiger partial charge in [-0.1, -0.05) is 109 Å². The molecule has 2 aliphatic rings. The topological polar surface area (TPSA) is 48.8 Å². The first kappa shape index (κ1) is 21.4. The Bertz CT molecular complexity index is 1300. The van der Waals surface area contributed by atoms with Crippen molar-refractivity contribution in [2.24, 2.45) is 10.2 Å². The second-order valence-electron chi connectivity index (χ2n) is 8.02. The van der Waals surface area contributed by atoms with Crippen LogP contribution in [-0.2, 0) is 6.42 Å². The number of benzene rings is 4. The van der Waals surface area contributed by atoms with E-state index in [9.17, 15) is 0 Å². The van der Waals surface area contributed by atoms with Gasteiger partial charge in [-0.3, -0.25) is 5.43 Å². The molecule has 2 aliphatic heterocycles. The smallest absolute Gasteiger partial charge is 0.0983 e. The van der Waals surface area contributed by atoms with Crippen LogP contribution in [0.3, 0.4) is 0 Å². The third-order valence-corrected chi connectivity index (χ3v) is 5.79. The van der Waals surface area contributed by atoms with Crippen LogP contribution < -0.4 is 10.9 Å². The summed E-state index contributed by atoms with van der Waals surface area (Å²) in [4.78, 5) is 0. The molecular weight excluding hydrogens is 416 g/mol. The molecule has 4 aromatic rings. The fourth-order valence-corrected chi connectivity index (χ4v) is 4.13. The highest BCUT2D eigenvalue weighted by Gasteiger charge is 2.14. The largest absolute Gasteiger partial charge is 0.309 e. The van der Waals surface area contributed by atoms with Gasteiger partial charge in [-0.15, -0.1) is 0 Å². The van der Waals surface area contributed by atoms with Gasteiger partial charge in [-0.2, -0.15) is 10.2 Å². The molecule has 4 heteroatoms. The zero-order valence-corrected chi connectivity index (χ0v) is 18.9. The zero-order valence-electron chi connectivity index (χ0n) is 18.9. The van der Waals surface area contributed by atoms with E-state index in [2.05, 4.69) is 81.7 Å². The maximum absolute atomic E-state index is 4.50. The van der Waals surface area contributed by atoms with Crippen LogP contribution in [0.15, 0.2) is 126 Å². The first-order valence-corrected chi connectivity index (χ1v) is 11.5. The van der Waals surface area contributed by atoms with E-state index >= 15 is 0 Å². The van der Waals surface area contributed by atoms with Crippen molar-refractivity contribution in [3.05, 3.63) is 149 Å². The highest BCUT2D eigenvalue weighted by molar-refractivity contribution is 6.15. The Morgan fingerprint density at radius 2 is 1.15 bits per heavy atom. The Balaban J connectivity index is 0.000000142. The molecule has 0 spiro atoms. The lowest BCUT2D eigenvalue weighted by Crippen LogP contribution is -2.10. The first-order valence-electron chi connectivity index (χ1n) is 11.5. The average molecular weight is 443 g/mol. The zero-order chi connectivity index (χ0) is 23.0. The van der Waals surface area contributed by atoms with Gasteiger partial charge in [0.2, 0.25) is 0 Å². The molecule has 4 nitrogen and oxygen atoms in total. The molecule has 4 aromatic carbocycles. The molecule has 0 aliphatic carbocycles. The summed E-state index contributed by atoms with van der Waals surface area (Å²) in [7, 11) is 0. The van der Waals surface area contributed by atoms with Gasteiger partial charge in [-0.25, -0.2) is 0 Å². The summed E-state index contributed by atoms with van der Waals surface area (Å²) >= 11 is 0. The summed E-state index contributed by atoms with van der Waals surface area (Å²) in [5.41, 5.74) is 15.3. The van der Waals surface area contributed by atoms with Crippen molar-refractivity contribution >= 4 is 17.5 Å². The van der Waals surface area contributed by atoms with Crippen LogP contribution in [0.1, 0.15) is 33.4 Å². The highest BCUT2D eigenvalue weighted by atomic mass is 15.3. The minimum absolute atomic E-state index is 0.896. The number of hydrogen-bond acceptors (Lipinski definition) is 4. The number of hydrazone groups is 2.